The first-order valence-corrected chi connectivity index (χ1v) is 8.07. The molecule has 2 aliphatic rings. The molecular formula is C14H13BrN2OS. The van der Waals surface area contributed by atoms with E-state index in [0.717, 1.165) is 35.2 Å². The van der Waals surface area contributed by atoms with Crippen molar-refractivity contribution in [2.24, 2.45) is 15.9 Å². The predicted octanol–water partition coefficient (Wildman–Crippen LogP) is 3.82. The molecule has 0 bridgehead atoms. The fourth-order valence-electron chi connectivity index (χ4n) is 2.39. The summed E-state index contributed by atoms with van der Waals surface area (Å²) >= 11 is 4.99. The summed E-state index contributed by atoms with van der Waals surface area (Å²) in [6.07, 6.45) is 2.94. The summed E-state index contributed by atoms with van der Waals surface area (Å²) in [6, 6.07) is 8.14. The highest BCUT2D eigenvalue weighted by Gasteiger charge is 2.32. The molecule has 1 aromatic rings. The van der Waals surface area contributed by atoms with E-state index in [1.54, 1.807) is 0 Å². The molecular weight excluding hydrogens is 324 g/mol. The number of hydrogen-bond donors (Lipinski definition) is 0. The first kappa shape index (κ1) is 13.1. The van der Waals surface area contributed by atoms with E-state index in [-0.39, 0.29) is 11.8 Å². The van der Waals surface area contributed by atoms with Gasteiger partial charge in [0.1, 0.15) is 0 Å². The average Bonchev–Trinajstić information content (AvgIpc) is 2.85. The molecule has 1 unspecified atom stereocenters. The van der Waals surface area contributed by atoms with Crippen molar-refractivity contribution < 1.29 is 4.79 Å². The normalized spacial score (nSPS) is 21.9. The van der Waals surface area contributed by atoms with Crippen LogP contribution in [0.15, 0.2) is 38.7 Å². The van der Waals surface area contributed by atoms with E-state index in [0.29, 0.717) is 5.17 Å². The quantitative estimate of drug-likeness (QED) is 0.823. The lowest BCUT2D eigenvalue weighted by molar-refractivity contribution is -0.119. The number of amidine groups is 1. The van der Waals surface area contributed by atoms with Gasteiger partial charge >= 0.3 is 0 Å². The molecule has 0 saturated heterocycles. The second kappa shape index (κ2) is 5.59. The van der Waals surface area contributed by atoms with Gasteiger partial charge in [0.25, 0.3) is 5.91 Å². The van der Waals surface area contributed by atoms with Gasteiger partial charge < -0.3 is 0 Å². The monoisotopic (exact) mass is 336 g/mol. The molecule has 5 heteroatoms. The average molecular weight is 337 g/mol. The highest BCUT2D eigenvalue weighted by molar-refractivity contribution is 9.10. The van der Waals surface area contributed by atoms with Crippen molar-refractivity contribution in [1.29, 1.82) is 0 Å². The van der Waals surface area contributed by atoms with E-state index in [1.807, 2.05) is 12.1 Å². The lowest BCUT2D eigenvalue weighted by Crippen LogP contribution is -2.22. The van der Waals surface area contributed by atoms with E-state index in [4.69, 9.17) is 0 Å². The predicted molar refractivity (Wildman–Crippen MR) is 82.7 cm³/mol. The molecule has 1 amide bonds. The van der Waals surface area contributed by atoms with Crippen LogP contribution in [0.3, 0.4) is 0 Å². The number of fused-ring (bicyclic) bond motifs is 1. The number of carbonyl (C=O) groups excluding carboxylic acids is 1. The van der Waals surface area contributed by atoms with Crippen LogP contribution in [-0.4, -0.2) is 16.8 Å². The van der Waals surface area contributed by atoms with Gasteiger partial charge in [-0.2, -0.15) is 4.99 Å². The van der Waals surface area contributed by atoms with E-state index < -0.39 is 0 Å². The molecule has 0 spiro atoms. The van der Waals surface area contributed by atoms with Crippen LogP contribution in [0.5, 0.6) is 0 Å². The Balaban J connectivity index is 1.69. The third-order valence-electron chi connectivity index (χ3n) is 3.33. The Hall–Kier alpha value is -0.940. The van der Waals surface area contributed by atoms with Crippen molar-refractivity contribution in [1.82, 2.24) is 0 Å². The minimum Gasteiger partial charge on any atom is -0.272 e. The minimum absolute atomic E-state index is 0.000702. The molecule has 1 heterocycles. The SMILES string of the molecule is O=C1N=C(SCc2cccc(Br)c2)N=C2CCCC12. The van der Waals surface area contributed by atoms with Gasteiger partial charge in [0.2, 0.25) is 0 Å². The summed E-state index contributed by atoms with van der Waals surface area (Å²) in [6.45, 7) is 0. The third-order valence-corrected chi connectivity index (χ3v) is 4.74. The van der Waals surface area contributed by atoms with Crippen LogP contribution in [0, 0.1) is 5.92 Å². The van der Waals surface area contributed by atoms with E-state index in [2.05, 4.69) is 38.0 Å². The molecule has 1 aliphatic carbocycles. The Morgan fingerprint density at radius 2 is 2.26 bits per heavy atom. The summed E-state index contributed by atoms with van der Waals surface area (Å²) in [5.74, 6) is 0.766. The van der Waals surface area contributed by atoms with Gasteiger partial charge in [-0.3, -0.25) is 4.79 Å². The van der Waals surface area contributed by atoms with Crippen LogP contribution >= 0.6 is 27.7 Å². The zero-order valence-electron chi connectivity index (χ0n) is 10.3. The first-order chi connectivity index (χ1) is 9.22. The van der Waals surface area contributed by atoms with Crippen LogP contribution in [0.25, 0.3) is 0 Å². The van der Waals surface area contributed by atoms with E-state index in [9.17, 15) is 4.79 Å². The van der Waals surface area contributed by atoms with E-state index in [1.165, 1.54) is 17.3 Å². The van der Waals surface area contributed by atoms with Gasteiger partial charge in [-0.05, 0) is 37.0 Å². The van der Waals surface area contributed by atoms with Crippen molar-refractivity contribution in [3.8, 4) is 0 Å². The van der Waals surface area contributed by atoms with Gasteiger partial charge in [-0.1, -0.05) is 39.8 Å². The van der Waals surface area contributed by atoms with Crippen LogP contribution in [-0.2, 0) is 10.5 Å². The lowest BCUT2D eigenvalue weighted by Gasteiger charge is -2.13. The summed E-state index contributed by atoms with van der Waals surface area (Å²) in [5, 5.41) is 0.623. The maximum atomic E-state index is 11.9. The number of carbonyl (C=O) groups is 1. The van der Waals surface area contributed by atoms with Crippen molar-refractivity contribution in [3.63, 3.8) is 0 Å². The fourth-order valence-corrected chi connectivity index (χ4v) is 3.65. The maximum absolute atomic E-state index is 11.9. The second-order valence-corrected chi connectivity index (χ2v) is 6.56. The number of aliphatic imine (C=N–C) groups is 2. The van der Waals surface area contributed by atoms with Gasteiger partial charge in [0, 0.05) is 15.9 Å². The molecule has 1 fully saturated rings. The highest BCUT2D eigenvalue weighted by Crippen LogP contribution is 2.29. The highest BCUT2D eigenvalue weighted by atomic mass is 79.9. The Kier molecular flexibility index (Phi) is 3.84. The zero-order chi connectivity index (χ0) is 13.2. The largest absolute Gasteiger partial charge is 0.272 e. The Labute approximate surface area is 124 Å². The van der Waals surface area contributed by atoms with Crippen molar-refractivity contribution in [3.05, 3.63) is 34.3 Å². The number of nitrogens with zero attached hydrogens (tertiary/aromatic N) is 2. The number of hydrogen-bond acceptors (Lipinski definition) is 3. The van der Waals surface area contributed by atoms with Crippen LogP contribution in [0.2, 0.25) is 0 Å². The van der Waals surface area contributed by atoms with Gasteiger partial charge in [-0.15, -0.1) is 0 Å². The maximum Gasteiger partial charge on any atom is 0.256 e. The minimum atomic E-state index is -0.0183. The number of halogens is 1. The zero-order valence-corrected chi connectivity index (χ0v) is 12.7. The molecule has 0 N–H and O–H groups in total. The first-order valence-electron chi connectivity index (χ1n) is 6.29. The number of rotatable bonds is 2. The summed E-state index contributed by atoms with van der Waals surface area (Å²) in [7, 11) is 0. The standard InChI is InChI=1S/C14H13BrN2OS/c15-10-4-1-3-9(7-10)8-19-14-16-12-6-2-5-11(12)13(18)17-14/h1,3-4,7,11H,2,5-6,8H2. The number of thioether (sulfide) groups is 1. The van der Waals surface area contributed by atoms with Crippen LogP contribution < -0.4 is 0 Å². The lowest BCUT2D eigenvalue weighted by atomic mass is 10.1. The molecule has 0 radical (unpaired) electrons. The van der Waals surface area contributed by atoms with Gasteiger partial charge in [-0.25, -0.2) is 4.99 Å². The van der Waals surface area contributed by atoms with Crippen LogP contribution in [0.4, 0.5) is 0 Å². The summed E-state index contributed by atoms with van der Waals surface area (Å²) < 4.78 is 1.06. The molecule has 3 rings (SSSR count). The molecule has 98 valence electrons. The van der Waals surface area contributed by atoms with Gasteiger partial charge in [0.05, 0.1) is 5.92 Å². The van der Waals surface area contributed by atoms with Crippen molar-refractivity contribution >= 4 is 44.5 Å². The van der Waals surface area contributed by atoms with E-state index >= 15 is 0 Å². The van der Waals surface area contributed by atoms with Crippen molar-refractivity contribution in [2.75, 3.05) is 0 Å². The summed E-state index contributed by atoms with van der Waals surface area (Å²) in [4.78, 5) is 20.5. The third kappa shape index (κ3) is 2.98. The number of amides is 1. The molecule has 1 aliphatic heterocycles. The number of benzene rings is 1. The molecule has 1 atom stereocenters. The molecule has 1 aromatic carbocycles. The second-order valence-electron chi connectivity index (χ2n) is 4.70. The van der Waals surface area contributed by atoms with Crippen molar-refractivity contribution in [2.45, 2.75) is 25.0 Å². The molecule has 0 aromatic heterocycles. The molecule has 1 saturated carbocycles. The Morgan fingerprint density at radius 3 is 3.11 bits per heavy atom. The Morgan fingerprint density at radius 1 is 1.37 bits per heavy atom. The van der Waals surface area contributed by atoms with Crippen LogP contribution in [0.1, 0.15) is 24.8 Å². The molecule has 19 heavy (non-hydrogen) atoms. The summed E-state index contributed by atoms with van der Waals surface area (Å²) in [5.41, 5.74) is 2.24. The smallest absolute Gasteiger partial charge is 0.256 e. The molecule has 3 nitrogen and oxygen atoms in total. The Bertz CT molecular complexity index is 583. The fraction of sp³-hybridized carbons (Fsp3) is 0.357. The van der Waals surface area contributed by atoms with Gasteiger partial charge in [0.15, 0.2) is 5.17 Å². The topological polar surface area (TPSA) is 41.8 Å².